The van der Waals surface area contributed by atoms with Crippen LogP contribution in [0.2, 0.25) is 0 Å². The van der Waals surface area contributed by atoms with Crippen LogP contribution >= 0.6 is 0 Å². The summed E-state index contributed by atoms with van der Waals surface area (Å²) in [5.41, 5.74) is 0. The van der Waals surface area contributed by atoms with E-state index >= 15 is 0 Å². The molecule has 11 heavy (non-hydrogen) atoms. The molecule has 0 aliphatic heterocycles. The molecule has 0 atom stereocenters. The maximum Gasteiger partial charge on any atom is 0.0389 e. The minimum Gasteiger partial charge on any atom is -0.293 e. The molecule has 0 fully saturated rings. The normalized spacial score (nSPS) is 10.6. The van der Waals surface area contributed by atoms with Crippen LogP contribution in [-0.2, 0) is 0 Å². The molecule has 0 aliphatic rings. The topological polar surface area (TPSA) is 12.4 Å². The predicted octanol–water partition coefficient (Wildman–Crippen LogP) is 3.21. The van der Waals surface area contributed by atoms with Gasteiger partial charge in [0.1, 0.15) is 0 Å². The molecule has 1 heteroatoms. The third-order valence-corrected chi connectivity index (χ3v) is 1.60. The molecule has 1 nitrogen and oxygen atoms in total. The average molecular weight is 153 g/mol. The molecule has 0 unspecified atom stereocenters. The van der Waals surface area contributed by atoms with E-state index in [-0.39, 0.29) is 0 Å². The molecule has 0 saturated carbocycles. The molecule has 0 amide bonds. The van der Waals surface area contributed by atoms with Crippen molar-refractivity contribution in [2.45, 2.75) is 39.0 Å². The Morgan fingerprint density at radius 1 is 1.18 bits per heavy atom. The fourth-order valence-corrected chi connectivity index (χ4v) is 0.956. The second kappa shape index (κ2) is 9.41. The summed E-state index contributed by atoms with van der Waals surface area (Å²) in [5.74, 6) is 0. The van der Waals surface area contributed by atoms with Crippen molar-refractivity contribution < 1.29 is 0 Å². The molecular formula is C10H19N. The number of rotatable bonds is 7. The highest BCUT2D eigenvalue weighted by atomic mass is 14.7. The van der Waals surface area contributed by atoms with Crippen LogP contribution in [0.5, 0.6) is 0 Å². The van der Waals surface area contributed by atoms with Gasteiger partial charge in [0.05, 0.1) is 0 Å². The van der Waals surface area contributed by atoms with Gasteiger partial charge in [0.2, 0.25) is 0 Å². The number of nitrogens with zero attached hydrogens (tertiary/aromatic N) is 1. The van der Waals surface area contributed by atoms with E-state index in [9.17, 15) is 0 Å². The van der Waals surface area contributed by atoms with Crippen LogP contribution in [0, 0.1) is 0 Å². The summed E-state index contributed by atoms with van der Waals surface area (Å²) in [6, 6.07) is 0. The van der Waals surface area contributed by atoms with E-state index in [1.54, 1.807) is 12.3 Å². The predicted molar refractivity (Wildman–Crippen MR) is 52.3 cm³/mol. The van der Waals surface area contributed by atoms with E-state index in [2.05, 4.69) is 18.5 Å². The Bertz CT molecular complexity index is 105. The van der Waals surface area contributed by atoms with Crippen molar-refractivity contribution in [2.75, 3.05) is 6.54 Å². The van der Waals surface area contributed by atoms with Crippen LogP contribution < -0.4 is 0 Å². The molecule has 0 radical (unpaired) electrons. The van der Waals surface area contributed by atoms with Gasteiger partial charge in [-0.15, -0.1) is 0 Å². The first-order valence-electron chi connectivity index (χ1n) is 4.52. The summed E-state index contributed by atoms with van der Waals surface area (Å²) in [5, 5.41) is 0. The van der Waals surface area contributed by atoms with Crippen molar-refractivity contribution in [1.29, 1.82) is 0 Å². The van der Waals surface area contributed by atoms with E-state index in [1.807, 2.05) is 0 Å². The quantitative estimate of drug-likeness (QED) is 0.393. The van der Waals surface area contributed by atoms with Crippen LogP contribution in [0.15, 0.2) is 17.6 Å². The summed E-state index contributed by atoms with van der Waals surface area (Å²) in [4.78, 5) is 4.14. The minimum absolute atomic E-state index is 0.968. The summed E-state index contributed by atoms with van der Waals surface area (Å²) in [7, 11) is 0. The van der Waals surface area contributed by atoms with Gasteiger partial charge in [-0.2, -0.15) is 0 Å². The van der Waals surface area contributed by atoms with Gasteiger partial charge in [-0.25, -0.2) is 0 Å². The van der Waals surface area contributed by atoms with Gasteiger partial charge in [0.25, 0.3) is 0 Å². The van der Waals surface area contributed by atoms with Gasteiger partial charge < -0.3 is 0 Å². The standard InChI is InChI=1S/C10H19N/c1-3-5-6-7-8-10-11-9-4-2/h4,9H,2-3,5-8,10H2,1H3. The lowest BCUT2D eigenvalue weighted by Crippen LogP contribution is -1.82. The monoisotopic (exact) mass is 153 g/mol. The number of unbranched alkanes of at least 4 members (excludes halogenated alkanes) is 4. The molecule has 0 N–H and O–H groups in total. The first-order chi connectivity index (χ1) is 5.41. The molecule has 0 bridgehead atoms. The molecule has 64 valence electrons. The highest BCUT2D eigenvalue weighted by Gasteiger charge is 1.85. The third kappa shape index (κ3) is 9.41. The molecule has 0 heterocycles. The number of aliphatic imine (C=N–C) groups is 1. The molecule has 0 aromatic carbocycles. The zero-order valence-corrected chi connectivity index (χ0v) is 7.55. The van der Waals surface area contributed by atoms with Gasteiger partial charge in [-0.3, -0.25) is 4.99 Å². The lowest BCUT2D eigenvalue weighted by molar-refractivity contribution is 0.639. The summed E-state index contributed by atoms with van der Waals surface area (Å²) in [6.45, 7) is 6.76. The second-order valence-corrected chi connectivity index (χ2v) is 2.71. The maximum absolute atomic E-state index is 4.14. The molecule has 0 aliphatic carbocycles. The molecule has 0 aromatic heterocycles. The number of hydrogen-bond donors (Lipinski definition) is 0. The lowest BCUT2D eigenvalue weighted by Gasteiger charge is -1.95. The summed E-state index contributed by atoms with van der Waals surface area (Å²) >= 11 is 0. The van der Waals surface area contributed by atoms with Gasteiger partial charge in [0.15, 0.2) is 0 Å². The SMILES string of the molecule is C=CC=NCCCCCCC. The van der Waals surface area contributed by atoms with E-state index in [4.69, 9.17) is 0 Å². The van der Waals surface area contributed by atoms with Crippen LogP contribution in [-0.4, -0.2) is 12.8 Å². The van der Waals surface area contributed by atoms with Crippen molar-refractivity contribution in [3.8, 4) is 0 Å². The highest BCUT2D eigenvalue weighted by Crippen LogP contribution is 2.01. The zero-order chi connectivity index (χ0) is 8.36. The van der Waals surface area contributed by atoms with E-state index in [0.29, 0.717) is 0 Å². The Morgan fingerprint density at radius 3 is 2.55 bits per heavy atom. The minimum atomic E-state index is 0.968. The van der Waals surface area contributed by atoms with E-state index in [0.717, 1.165) is 6.54 Å². The van der Waals surface area contributed by atoms with Gasteiger partial charge >= 0.3 is 0 Å². The van der Waals surface area contributed by atoms with Crippen LogP contribution in [0.1, 0.15) is 39.0 Å². The fourth-order valence-electron chi connectivity index (χ4n) is 0.956. The Labute approximate surface area is 70.2 Å². The molecule has 0 rings (SSSR count). The fraction of sp³-hybridized carbons (Fsp3) is 0.700. The Hall–Kier alpha value is -0.590. The van der Waals surface area contributed by atoms with Crippen molar-refractivity contribution in [3.63, 3.8) is 0 Å². The van der Waals surface area contributed by atoms with Gasteiger partial charge in [-0.05, 0) is 6.42 Å². The number of hydrogen-bond acceptors (Lipinski definition) is 1. The van der Waals surface area contributed by atoms with Gasteiger partial charge in [0, 0.05) is 12.8 Å². The van der Waals surface area contributed by atoms with Crippen molar-refractivity contribution >= 4 is 6.21 Å². The second-order valence-electron chi connectivity index (χ2n) is 2.71. The maximum atomic E-state index is 4.14. The smallest absolute Gasteiger partial charge is 0.0389 e. The first kappa shape index (κ1) is 10.4. The largest absolute Gasteiger partial charge is 0.293 e. The van der Waals surface area contributed by atoms with Crippen LogP contribution in [0.3, 0.4) is 0 Å². The van der Waals surface area contributed by atoms with Crippen LogP contribution in [0.25, 0.3) is 0 Å². The third-order valence-electron chi connectivity index (χ3n) is 1.60. The molecular weight excluding hydrogens is 134 g/mol. The van der Waals surface area contributed by atoms with Crippen molar-refractivity contribution in [1.82, 2.24) is 0 Å². The lowest BCUT2D eigenvalue weighted by atomic mass is 10.2. The highest BCUT2D eigenvalue weighted by molar-refractivity contribution is 5.69. The number of allylic oxidation sites excluding steroid dienone is 1. The molecule has 0 spiro atoms. The van der Waals surface area contributed by atoms with E-state index < -0.39 is 0 Å². The van der Waals surface area contributed by atoms with Crippen LogP contribution in [0.4, 0.5) is 0 Å². The average Bonchev–Trinajstić information content (AvgIpc) is 2.03. The van der Waals surface area contributed by atoms with Crippen molar-refractivity contribution in [2.24, 2.45) is 4.99 Å². The van der Waals surface area contributed by atoms with E-state index in [1.165, 1.54) is 32.1 Å². The van der Waals surface area contributed by atoms with Crippen molar-refractivity contribution in [3.05, 3.63) is 12.7 Å². The summed E-state index contributed by atoms with van der Waals surface area (Å²) < 4.78 is 0. The zero-order valence-electron chi connectivity index (χ0n) is 7.55. The Balaban J connectivity index is 2.90. The summed E-state index contributed by atoms with van der Waals surface area (Å²) in [6.07, 6.45) is 10.1. The molecule has 0 saturated heterocycles. The van der Waals surface area contributed by atoms with Gasteiger partial charge in [-0.1, -0.05) is 45.3 Å². The Kier molecular flexibility index (Phi) is 8.91. The first-order valence-corrected chi connectivity index (χ1v) is 4.52. The Morgan fingerprint density at radius 2 is 1.91 bits per heavy atom. The molecule has 0 aromatic rings.